The molecule has 1 atom stereocenters. The van der Waals surface area contributed by atoms with Gasteiger partial charge in [-0.3, -0.25) is 4.68 Å². The smallest absolute Gasteiger partial charge is 0.137 e. The number of ether oxygens (including phenoxy) is 1. The van der Waals surface area contributed by atoms with Crippen molar-refractivity contribution < 1.29 is 4.74 Å². The van der Waals surface area contributed by atoms with Crippen molar-refractivity contribution in [2.75, 3.05) is 12.4 Å². The Kier molecular flexibility index (Phi) is 4.19. The van der Waals surface area contributed by atoms with Crippen molar-refractivity contribution >= 4 is 5.82 Å². The molecule has 7 nitrogen and oxygen atoms in total. The van der Waals surface area contributed by atoms with Crippen LogP contribution in [-0.4, -0.2) is 37.9 Å². The van der Waals surface area contributed by atoms with Crippen molar-refractivity contribution in [3.05, 3.63) is 30.7 Å². The van der Waals surface area contributed by atoms with Gasteiger partial charge in [0.2, 0.25) is 0 Å². The van der Waals surface area contributed by atoms with Crippen LogP contribution in [0.2, 0.25) is 0 Å². The maximum atomic E-state index is 5.03. The van der Waals surface area contributed by atoms with Crippen molar-refractivity contribution in [3.63, 3.8) is 0 Å². The summed E-state index contributed by atoms with van der Waals surface area (Å²) in [5, 5.41) is 7.34. The summed E-state index contributed by atoms with van der Waals surface area (Å²) in [5.74, 6) is 0.782. The van der Waals surface area contributed by atoms with Gasteiger partial charge in [-0.05, 0) is 6.92 Å². The van der Waals surface area contributed by atoms with E-state index < -0.39 is 0 Å². The lowest BCUT2D eigenvalue weighted by atomic mass is 10.3. The van der Waals surface area contributed by atoms with Crippen molar-refractivity contribution in [1.29, 1.82) is 0 Å². The van der Waals surface area contributed by atoms with E-state index in [-0.39, 0.29) is 6.04 Å². The Hall–Kier alpha value is -2.02. The van der Waals surface area contributed by atoms with Crippen molar-refractivity contribution in [1.82, 2.24) is 24.7 Å². The van der Waals surface area contributed by atoms with Crippen LogP contribution in [-0.2, 0) is 17.9 Å². The van der Waals surface area contributed by atoms with Gasteiger partial charge in [-0.1, -0.05) is 0 Å². The Morgan fingerprint density at radius 2 is 2.28 bits per heavy atom. The summed E-state index contributed by atoms with van der Waals surface area (Å²) in [5.41, 5.74) is 0.850. The van der Waals surface area contributed by atoms with Crippen molar-refractivity contribution in [3.8, 4) is 0 Å². The third-order valence-electron chi connectivity index (χ3n) is 2.34. The number of nitrogens with zero attached hydrogens (tertiary/aromatic N) is 5. The monoisotopic (exact) mass is 248 g/mol. The van der Waals surface area contributed by atoms with E-state index >= 15 is 0 Å². The van der Waals surface area contributed by atoms with E-state index in [1.165, 1.54) is 12.7 Å². The summed E-state index contributed by atoms with van der Waals surface area (Å²) in [6.45, 7) is 3.26. The van der Waals surface area contributed by atoms with Crippen LogP contribution in [0.3, 0.4) is 0 Å². The van der Waals surface area contributed by atoms with Crippen LogP contribution >= 0.6 is 0 Å². The largest absolute Gasteiger partial charge is 0.378 e. The van der Waals surface area contributed by atoms with E-state index in [1.807, 2.05) is 6.07 Å². The quantitative estimate of drug-likeness (QED) is 0.811. The number of aromatic nitrogens is 5. The van der Waals surface area contributed by atoms with E-state index in [0.717, 1.165) is 18.1 Å². The Morgan fingerprint density at radius 3 is 3.00 bits per heavy atom. The van der Waals surface area contributed by atoms with Gasteiger partial charge in [0.25, 0.3) is 0 Å². The van der Waals surface area contributed by atoms with Crippen LogP contribution in [0, 0.1) is 0 Å². The highest BCUT2D eigenvalue weighted by Crippen LogP contribution is 2.07. The number of nitrogens with one attached hydrogen (secondary N) is 1. The van der Waals surface area contributed by atoms with Crippen LogP contribution in [0.15, 0.2) is 25.0 Å². The molecule has 2 heterocycles. The van der Waals surface area contributed by atoms with E-state index in [1.54, 1.807) is 18.1 Å². The second kappa shape index (κ2) is 6.06. The topological polar surface area (TPSA) is 77.8 Å². The molecular weight excluding hydrogens is 232 g/mol. The van der Waals surface area contributed by atoms with Crippen LogP contribution in [0.4, 0.5) is 5.82 Å². The fourth-order valence-corrected chi connectivity index (χ4v) is 1.61. The van der Waals surface area contributed by atoms with E-state index in [4.69, 9.17) is 4.74 Å². The van der Waals surface area contributed by atoms with Crippen molar-refractivity contribution in [2.24, 2.45) is 0 Å². The third kappa shape index (κ3) is 3.49. The molecule has 0 spiro atoms. The molecule has 2 aromatic rings. The van der Waals surface area contributed by atoms with Gasteiger partial charge in [-0.25, -0.2) is 15.0 Å². The normalized spacial score (nSPS) is 12.3. The molecule has 0 aliphatic rings. The highest BCUT2D eigenvalue weighted by atomic mass is 16.5. The van der Waals surface area contributed by atoms with Crippen LogP contribution in [0.25, 0.3) is 0 Å². The standard InChI is InChI=1S/C11H16N6O/c1-9(4-17-8-12-6-15-17)16-11-3-10(5-18-2)13-7-14-11/h3,6-9H,4-5H2,1-2H3,(H,13,14,16)/t9-/m0/s1. The van der Waals surface area contributed by atoms with Crippen LogP contribution < -0.4 is 5.32 Å². The molecule has 0 aromatic carbocycles. The van der Waals surface area contributed by atoms with E-state index in [0.29, 0.717) is 6.61 Å². The van der Waals surface area contributed by atoms with Gasteiger partial charge in [0, 0.05) is 19.2 Å². The second-order valence-electron chi connectivity index (χ2n) is 3.99. The number of rotatable bonds is 6. The first-order valence-electron chi connectivity index (χ1n) is 5.66. The van der Waals surface area contributed by atoms with Crippen LogP contribution in [0.1, 0.15) is 12.6 Å². The third-order valence-corrected chi connectivity index (χ3v) is 2.34. The average molecular weight is 248 g/mol. The van der Waals surface area contributed by atoms with Gasteiger partial charge < -0.3 is 10.1 Å². The molecule has 0 unspecified atom stereocenters. The molecule has 1 N–H and O–H groups in total. The van der Waals surface area contributed by atoms with Gasteiger partial charge in [0.05, 0.1) is 18.8 Å². The van der Waals surface area contributed by atoms with Gasteiger partial charge in [-0.2, -0.15) is 5.10 Å². The Balaban J connectivity index is 1.93. The lowest BCUT2D eigenvalue weighted by Crippen LogP contribution is -2.23. The molecule has 0 fully saturated rings. The summed E-state index contributed by atoms with van der Waals surface area (Å²) >= 11 is 0. The molecule has 18 heavy (non-hydrogen) atoms. The molecule has 0 aliphatic carbocycles. The fourth-order valence-electron chi connectivity index (χ4n) is 1.61. The zero-order valence-electron chi connectivity index (χ0n) is 10.4. The molecule has 0 saturated heterocycles. The molecule has 0 amide bonds. The maximum absolute atomic E-state index is 5.03. The summed E-state index contributed by atoms with van der Waals surface area (Å²) in [7, 11) is 1.64. The predicted octanol–water partition coefficient (Wildman–Crippen LogP) is 0.715. The minimum atomic E-state index is 0.192. The highest BCUT2D eigenvalue weighted by molar-refractivity contribution is 5.35. The molecule has 96 valence electrons. The molecule has 0 radical (unpaired) electrons. The Labute approximate surface area is 105 Å². The molecule has 0 bridgehead atoms. The predicted molar refractivity (Wildman–Crippen MR) is 65.9 cm³/mol. The van der Waals surface area contributed by atoms with E-state index in [2.05, 4.69) is 32.3 Å². The van der Waals surface area contributed by atoms with E-state index in [9.17, 15) is 0 Å². The zero-order chi connectivity index (χ0) is 12.8. The number of hydrogen-bond donors (Lipinski definition) is 1. The van der Waals surface area contributed by atoms with Gasteiger partial charge in [0.1, 0.15) is 24.8 Å². The molecule has 0 aliphatic heterocycles. The molecule has 2 rings (SSSR count). The number of anilines is 1. The molecule has 7 heteroatoms. The van der Waals surface area contributed by atoms with Gasteiger partial charge >= 0.3 is 0 Å². The van der Waals surface area contributed by atoms with Crippen LogP contribution in [0.5, 0.6) is 0 Å². The number of methoxy groups -OCH3 is 1. The fraction of sp³-hybridized carbons (Fsp3) is 0.455. The summed E-state index contributed by atoms with van der Waals surface area (Å²) in [6.07, 6.45) is 4.74. The summed E-state index contributed by atoms with van der Waals surface area (Å²) in [6, 6.07) is 2.07. The second-order valence-corrected chi connectivity index (χ2v) is 3.99. The minimum absolute atomic E-state index is 0.192. The van der Waals surface area contributed by atoms with Crippen molar-refractivity contribution in [2.45, 2.75) is 26.1 Å². The lowest BCUT2D eigenvalue weighted by molar-refractivity contribution is 0.181. The SMILES string of the molecule is COCc1cc(N[C@@H](C)Cn2cncn2)ncn1. The minimum Gasteiger partial charge on any atom is -0.378 e. The first-order chi connectivity index (χ1) is 8.78. The number of hydrogen-bond acceptors (Lipinski definition) is 6. The highest BCUT2D eigenvalue weighted by Gasteiger charge is 2.05. The summed E-state index contributed by atoms with van der Waals surface area (Å²) in [4.78, 5) is 12.2. The molecular formula is C11H16N6O. The average Bonchev–Trinajstić information content (AvgIpc) is 2.82. The Bertz CT molecular complexity index is 472. The zero-order valence-corrected chi connectivity index (χ0v) is 10.4. The molecule has 2 aromatic heterocycles. The first kappa shape index (κ1) is 12.4. The lowest BCUT2D eigenvalue weighted by Gasteiger charge is -2.14. The first-order valence-corrected chi connectivity index (χ1v) is 5.66. The maximum Gasteiger partial charge on any atom is 0.137 e. The summed E-state index contributed by atoms with van der Waals surface area (Å²) < 4.78 is 6.81. The Morgan fingerprint density at radius 1 is 1.39 bits per heavy atom. The van der Waals surface area contributed by atoms with Gasteiger partial charge in [0.15, 0.2) is 0 Å². The van der Waals surface area contributed by atoms with Gasteiger partial charge in [-0.15, -0.1) is 0 Å². The molecule has 0 saturated carbocycles.